The summed E-state index contributed by atoms with van der Waals surface area (Å²) in [5.41, 5.74) is 2.75. The van der Waals surface area contributed by atoms with Gasteiger partial charge in [-0.2, -0.15) is 0 Å². The maximum atomic E-state index is 5.95. The Balaban J connectivity index is 1.47. The molecular formula is C19H19N5O2S2. The van der Waals surface area contributed by atoms with E-state index in [1.54, 1.807) is 33.5 Å². The smallest absolute Gasteiger partial charge is 0.192 e. The lowest BCUT2D eigenvalue weighted by Crippen LogP contribution is -2.31. The number of aromatic nitrogens is 4. The molecule has 0 atom stereocenters. The van der Waals surface area contributed by atoms with Crippen LogP contribution in [0.5, 0.6) is 0 Å². The largest absolute Gasteiger partial charge is 0.387 e. The third kappa shape index (κ3) is 3.09. The molecule has 1 aliphatic rings. The van der Waals surface area contributed by atoms with Crippen LogP contribution in [0.25, 0.3) is 15.9 Å². The van der Waals surface area contributed by atoms with Crippen molar-refractivity contribution in [3.8, 4) is 0 Å². The van der Waals surface area contributed by atoms with Crippen molar-refractivity contribution < 1.29 is 9.57 Å². The zero-order valence-corrected chi connectivity index (χ0v) is 17.4. The minimum Gasteiger partial charge on any atom is -0.387 e. The van der Waals surface area contributed by atoms with Crippen LogP contribution in [0.15, 0.2) is 29.0 Å². The van der Waals surface area contributed by atoms with Gasteiger partial charge in [-0.3, -0.25) is 0 Å². The molecule has 144 valence electrons. The van der Waals surface area contributed by atoms with E-state index < -0.39 is 0 Å². The first-order chi connectivity index (χ1) is 13.5. The van der Waals surface area contributed by atoms with Crippen molar-refractivity contribution in [3.63, 3.8) is 0 Å². The van der Waals surface area contributed by atoms with Crippen LogP contribution in [0.4, 0.5) is 0 Å². The molecule has 5 heterocycles. The molecule has 0 N–H and O–H groups in total. The van der Waals surface area contributed by atoms with Gasteiger partial charge in [-0.15, -0.1) is 27.8 Å². The van der Waals surface area contributed by atoms with Gasteiger partial charge in [0.25, 0.3) is 0 Å². The van der Waals surface area contributed by atoms with Gasteiger partial charge in [-0.05, 0) is 37.8 Å². The second-order valence-electron chi connectivity index (χ2n) is 7.38. The van der Waals surface area contributed by atoms with Crippen LogP contribution < -0.4 is 0 Å². The van der Waals surface area contributed by atoms with Gasteiger partial charge in [-0.1, -0.05) is 11.2 Å². The number of hydrogen-bond acceptors (Lipinski definition) is 8. The van der Waals surface area contributed by atoms with Crippen LogP contribution >= 0.6 is 22.7 Å². The van der Waals surface area contributed by atoms with Gasteiger partial charge < -0.3 is 9.57 Å². The van der Waals surface area contributed by atoms with Crippen molar-refractivity contribution in [3.05, 3.63) is 45.0 Å². The minimum absolute atomic E-state index is 0.187. The van der Waals surface area contributed by atoms with Crippen molar-refractivity contribution in [1.29, 1.82) is 0 Å². The van der Waals surface area contributed by atoms with Crippen LogP contribution in [0.3, 0.4) is 0 Å². The second kappa shape index (κ2) is 6.61. The topological polar surface area (TPSA) is 73.9 Å². The van der Waals surface area contributed by atoms with Gasteiger partial charge in [0.15, 0.2) is 18.1 Å². The van der Waals surface area contributed by atoms with Crippen LogP contribution in [0.2, 0.25) is 0 Å². The van der Waals surface area contributed by atoms with Gasteiger partial charge in [0.05, 0.1) is 28.2 Å². The Kier molecular flexibility index (Phi) is 4.18. The molecule has 0 bridgehead atoms. The van der Waals surface area contributed by atoms with Crippen molar-refractivity contribution in [2.45, 2.75) is 46.0 Å². The summed E-state index contributed by atoms with van der Waals surface area (Å²) in [6.45, 7) is 7.00. The molecule has 28 heavy (non-hydrogen) atoms. The van der Waals surface area contributed by atoms with Gasteiger partial charge in [0, 0.05) is 11.3 Å². The SMILES string of the molecule is C/C(=N/OCc1nc2c3c4c(sc3ncn2n1)COC(C)(C)C4)c1cccs1. The molecule has 0 amide bonds. The number of rotatable bonds is 4. The fraction of sp³-hybridized carbons (Fsp3) is 0.368. The Bertz CT molecular complexity index is 1190. The molecule has 0 radical (unpaired) electrons. The Morgan fingerprint density at radius 3 is 3.14 bits per heavy atom. The summed E-state index contributed by atoms with van der Waals surface area (Å²) in [6, 6.07) is 4.01. The standard InChI is InChI=1S/C19H19N5O2S2/c1-11(13-5-4-6-27-13)23-26-9-15-21-17-16-12-7-19(2,3)25-8-14(12)28-18(16)20-10-24(17)22-15/h4-6,10H,7-9H2,1-3H3/b23-11-. The predicted octanol–water partition coefficient (Wildman–Crippen LogP) is 4.19. The molecule has 0 fully saturated rings. The van der Waals surface area contributed by atoms with Crippen molar-refractivity contribution in [1.82, 2.24) is 19.6 Å². The monoisotopic (exact) mass is 413 g/mol. The number of nitrogens with zero attached hydrogens (tertiary/aromatic N) is 5. The molecule has 0 saturated heterocycles. The maximum Gasteiger partial charge on any atom is 0.192 e. The van der Waals surface area contributed by atoms with Crippen LogP contribution in [-0.2, 0) is 29.2 Å². The van der Waals surface area contributed by atoms with Crippen molar-refractivity contribution >= 4 is 44.2 Å². The first-order valence-corrected chi connectivity index (χ1v) is 10.7. The number of oxime groups is 1. The number of hydrogen-bond donors (Lipinski definition) is 0. The van der Waals surface area contributed by atoms with E-state index in [1.165, 1.54) is 10.4 Å². The third-order valence-corrected chi connectivity index (χ3v) is 6.82. The summed E-state index contributed by atoms with van der Waals surface area (Å²) in [5.74, 6) is 0.586. The normalized spacial score (nSPS) is 16.6. The lowest BCUT2D eigenvalue weighted by atomic mass is 9.94. The highest BCUT2D eigenvalue weighted by atomic mass is 32.1. The molecule has 5 rings (SSSR count). The molecule has 1 aliphatic heterocycles. The number of ether oxygens (including phenoxy) is 1. The van der Waals surface area contributed by atoms with Crippen LogP contribution in [0, 0.1) is 0 Å². The highest BCUT2D eigenvalue weighted by molar-refractivity contribution is 7.19. The second-order valence-corrected chi connectivity index (χ2v) is 9.41. The molecule has 4 aromatic rings. The molecule has 9 heteroatoms. The highest BCUT2D eigenvalue weighted by Gasteiger charge is 2.30. The summed E-state index contributed by atoms with van der Waals surface area (Å²) < 4.78 is 7.68. The summed E-state index contributed by atoms with van der Waals surface area (Å²) in [7, 11) is 0. The average Bonchev–Trinajstić information content (AvgIpc) is 3.38. The van der Waals surface area contributed by atoms with E-state index in [1.807, 2.05) is 24.4 Å². The quantitative estimate of drug-likeness (QED) is 0.370. The van der Waals surface area contributed by atoms with E-state index >= 15 is 0 Å². The van der Waals surface area contributed by atoms with Gasteiger partial charge in [0.1, 0.15) is 11.2 Å². The molecule has 4 aromatic heterocycles. The fourth-order valence-corrected chi connectivity index (χ4v) is 5.10. The Hall–Kier alpha value is -2.36. The summed E-state index contributed by atoms with van der Waals surface area (Å²) >= 11 is 3.31. The van der Waals surface area contributed by atoms with Crippen molar-refractivity contribution in [2.75, 3.05) is 0 Å². The van der Waals surface area contributed by atoms with Crippen LogP contribution in [0.1, 0.15) is 41.9 Å². The van der Waals surface area contributed by atoms with Gasteiger partial charge >= 0.3 is 0 Å². The highest BCUT2D eigenvalue weighted by Crippen LogP contribution is 2.39. The molecule has 0 spiro atoms. The molecule has 0 saturated carbocycles. The fourth-order valence-electron chi connectivity index (χ4n) is 3.36. The molecule has 0 aliphatic carbocycles. The van der Waals surface area contributed by atoms with E-state index in [9.17, 15) is 0 Å². The number of thiophene rings is 2. The molecular weight excluding hydrogens is 394 g/mol. The number of fused-ring (bicyclic) bond motifs is 5. The van der Waals surface area contributed by atoms with Crippen molar-refractivity contribution in [2.24, 2.45) is 5.16 Å². The third-order valence-electron chi connectivity index (χ3n) is 4.72. The Morgan fingerprint density at radius 1 is 1.43 bits per heavy atom. The predicted molar refractivity (Wildman–Crippen MR) is 110 cm³/mol. The zero-order valence-electron chi connectivity index (χ0n) is 15.8. The Morgan fingerprint density at radius 2 is 2.32 bits per heavy atom. The first-order valence-electron chi connectivity index (χ1n) is 8.99. The minimum atomic E-state index is -0.187. The van der Waals surface area contributed by atoms with E-state index in [2.05, 4.69) is 29.1 Å². The van der Waals surface area contributed by atoms with Crippen LogP contribution in [-0.4, -0.2) is 30.9 Å². The van der Waals surface area contributed by atoms with E-state index in [4.69, 9.17) is 14.6 Å². The first kappa shape index (κ1) is 17.7. The lowest BCUT2D eigenvalue weighted by Gasteiger charge is -2.30. The van der Waals surface area contributed by atoms with E-state index in [0.717, 1.165) is 32.9 Å². The van der Waals surface area contributed by atoms with E-state index in [-0.39, 0.29) is 12.2 Å². The average molecular weight is 414 g/mol. The summed E-state index contributed by atoms with van der Waals surface area (Å²) in [6.07, 6.45) is 2.55. The molecule has 0 unspecified atom stereocenters. The summed E-state index contributed by atoms with van der Waals surface area (Å²) in [5, 5.41) is 11.8. The maximum absolute atomic E-state index is 5.95. The Labute approximate surface area is 169 Å². The summed E-state index contributed by atoms with van der Waals surface area (Å²) in [4.78, 5) is 18.1. The lowest BCUT2D eigenvalue weighted by molar-refractivity contribution is -0.0379. The molecule has 7 nitrogen and oxygen atoms in total. The zero-order chi connectivity index (χ0) is 19.3. The van der Waals surface area contributed by atoms with Gasteiger partial charge in [-0.25, -0.2) is 14.5 Å². The van der Waals surface area contributed by atoms with Gasteiger partial charge in [0.2, 0.25) is 0 Å². The van der Waals surface area contributed by atoms with E-state index in [0.29, 0.717) is 12.4 Å². The molecule has 0 aromatic carbocycles.